The van der Waals surface area contributed by atoms with Crippen LogP contribution in [0.2, 0.25) is 0 Å². The molecule has 0 aliphatic heterocycles. The zero-order chi connectivity index (χ0) is 39.1. The monoisotopic (exact) mass is 755 g/mol. The molecular formula is C56H82. The van der Waals surface area contributed by atoms with Crippen molar-refractivity contribution in [3.8, 4) is 0 Å². The van der Waals surface area contributed by atoms with E-state index in [-0.39, 0.29) is 0 Å². The van der Waals surface area contributed by atoms with Crippen LogP contribution in [-0.2, 0) is 12.8 Å². The van der Waals surface area contributed by atoms with Crippen molar-refractivity contribution in [2.75, 3.05) is 0 Å². The van der Waals surface area contributed by atoms with Gasteiger partial charge in [-0.15, -0.1) is 0 Å². The van der Waals surface area contributed by atoms with Crippen molar-refractivity contribution in [1.29, 1.82) is 0 Å². The van der Waals surface area contributed by atoms with Crippen LogP contribution in [0.15, 0.2) is 127 Å². The van der Waals surface area contributed by atoms with Crippen molar-refractivity contribution in [3.05, 3.63) is 144 Å². The van der Waals surface area contributed by atoms with E-state index in [2.05, 4.69) is 123 Å². The molecule has 0 heteroatoms. The largest absolute Gasteiger partial charge is 0.0885 e. The standard InChI is InChI=1S/C14H26.C14H20.C14H14.C7H14.C7H8/c3*1-3-7-13(8-4-1)11-12-14-9-5-2-6-10-14;2*1-7-5-3-2-4-6-7/h13-14H,1-12H2;1-3,5,11-14H,4,6-10H2;1-10H,11-12H2;7H,2-6H2,1H3;2-6H,1H3. The van der Waals surface area contributed by atoms with Gasteiger partial charge in [-0.05, 0) is 99.0 Å². The highest BCUT2D eigenvalue weighted by Crippen LogP contribution is 2.33. The molecule has 8 rings (SSSR count). The molecule has 3 aromatic rings. The highest BCUT2D eigenvalue weighted by atomic mass is 14.2. The van der Waals surface area contributed by atoms with E-state index in [4.69, 9.17) is 0 Å². The van der Waals surface area contributed by atoms with E-state index < -0.39 is 0 Å². The lowest BCUT2D eigenvalue weighted by atomic mass is 9.80. The van der Waals surface area contributed by atoms with Crippen LogP contribution < -0.4 is 0 Å². The first kappa shape index (κ1) is 45.6. The lowest BCUT2D eigenvalue weighted by molar-refractivity contribution is 0.273. The third-order valence-electron chi connectivity index (χ3n) is 12.9. The molecule has 0 amide bonds. The molecule has 3 fully saturated rings. The molecule has 0 heterocycles. The summed E-state index contributed by atoms with van der Waals surface area (Å²) in [5, 5.41) is 0. The van der Waals surface area contributed by atoms with Gasteiger partial charge in [0.25, 0.3) is 0 Å². The fraction of sp³-hybridized carbons (Fsp3) is 0.571. The van der Waals surface area contributed by atoms with Crippen molar-refractivity contribution in [1.82, 2.24) is 0 Å². The molecule has 5 aliphatic carbocycles. The fourth-order valence-corrected chi connectivity index (χ4v) is 9.14. The quantitative estimate of drug-likeness (QED) is 0.201. The number of benzene rings is 3. The second kappa shape index (κ2) is 30.0. The zero-order valence-electron chi connectivity index (χ0n) is 36.2. The van der Waals surface area contributed by atoms with Gasteiger partial charge < -0.3 is 0 Å². The van der Waals surface area contributed by atoms with Crippen LogP contribution >= 0.6 is 0 Å². The van der Waals surface area contributed by atoms with Crippen LogP contribution in [0.1, 0.15) is 171 Å². The summed E-state index contributed by atoms with van der Waals surface area (Å²) < 4.78 is 0. The van der Waals surface area contributed by atoms with Crippen molar-refractivity contribution in [3.63, 3.8) is 0 Å². The first-order chi connectivity index (χ1) is 27.6. The molecule has 0 N–H and O–H groups in total. The highest BCUT2D eigenvalue weighted by Gasteiger charge is 2.18. The Labute approximate surface area is 346 Å². The van der Waals surface area contributed by atoms with Crippen molar-refractivity contribution >= 4 is 0 Å². The van der Waals surface area contributed by atoms with Crippen molar-refractivity contribution < 1.29 is 0 Å². The number of hydrogen-bond acceptors (Lipinski definition) is 0. The molecule has 2 unspecified atom stereocenters. The lowest BCUT2D eigenvalue weighted by Crippen LogP contribution is -2.11. The summed E-state index contributed by atoms with van der Waals surface area (Å²) in [5.74, 6) is 4.92. The average Bonchev–Trinajstić information content (AvgIpc) is 3.28. The SMILES string of the molecule is C1=CCC(C=CC2CC=CCC2)CC1.C1CCC(CCC2CCCCC2)CC1.CC1CCCCC1.Cc1ccccc1.c1ccc(CCc2ccccc2)cc1. The molecule has 3 aromatic carbocycles. The first-order valence-corrected chi connectivity index (χ1v) is 23.7. The van der Waals surface area contributed by atoms with Crippen LogP contribution in [-0.4, -0.2) is 0 Å². The van der Waals surface area contributed by atoms with Crippen LogP contribution in [0, 0.1) is 36.5 Å². The van der Waals surface area contributed by atoms with E-state index in [0.717, 1.165) is 42.4 Å². The second-order valence-electron chi connectivity index (χ2n) is 17.9. The molecule has 0 saturated heterocycles. The second-order valence-corrected chi connectivity index (χ2v) is 17.9. The maximum absolute atomic E-state index is 2.47. The molecule has 0 radical (unpaired) electrons. The Balaban J connectivity index is 0.000000160. The van der Waals surface area contributed by atoms with Gasteiger partial charge in [-0.25, -0.2) is 0 Å². The number of hydrogen-bond donors (Lipinski definition) is 0. The molecule has 0 bridgehead atoms. The van der Waals surface area contributed by atoms with Gasteiger partial charge in [-0.1, -0.05) is 249 Å². The molecular weight excluding hydrogens is 673 g/mol. The van der Waals surface area contributed by atoms with E-state index in [1.165, 1.54) is 126 Å². The van der Waals surface area contributed by atoms with Gasteiger partial charge in [0.1, 0.15) is 0 Å². The Bertz CT molecular complexity index is 1310. The zero-order valence-corrected chi connectivity index (χ0v) is 36.2. The van der Waals surface area contributed by atoms with E-state index in [9.17, 15) is 0 Å². The van der Waals surface area contributed by atoms with Gasteiger partial charge in [0, 0.05) is 0 Å². The third kappa shape index (κ3) is 22.0. The average molecular weight is 755 g/mol. The fourth-order valence-electron chi connectivity index (χ4n) is 9.14. The Kier molecular flexibility index (Phi) is 24.4. The van der Waals surface area contributed by atoms with Crippen LogP contribution in [0.5, 0.6) is 0 Å². The predicted molar refractivity (Wildman–Crippen MR) is 248 cm³/mol. The van der Waals surface area contributed by atoms with Crippen LogP contribution in [0.25, 0.3) is 0 Å². The molecule has 5 aliphatic rings. The Morgan fingerprint density at radius 3 is 1.11 bits per heavy atom. The van der Waals surface area contributed by atoms with Gasteiger partial charge in [0.15, 0.2) is 0 Å². The maximum Gasteiger partial charge on any atom is -0.0196 e. The van der Waals surface area contributed by atoms with Gasteiger partial charge in [0.05, 0.1) is 0 Å². The minimum Gasteiger partial charge on any atom is -0.0885 e. The number of rotatable bonds is 8. The van der Waals surface area contributed by atoms with E-state index >= 15 is 0 Å². The van der Waals surface area contributed by atoms with Gasteiger partial charge in [-0.3, -0.25) is 0 Å². The van der Waals surface area contributed by atoms with Gasteiger partial charge >= 0.3 is 0 Å². The summed E-state index contributed by atoms with van der Waals surface area (Å²) >= 11 is 0. The molecule has 306 valence electrons. The number of aryl methyl sites for hydroxylation is 3. The lowest BCUT2D eigenvalue weighted by Gasteiger charge is -2.26. The first-order valence-electron chi connectivity index (χ1n) is 23.7. The molecule has 3 saturated carbocycles. The molecule has 0 aromatic heterocycles. The Morgan fingerprint density at radius 2 is 0.804 bits per heavy atom. The number of allylic oxidation sites excluding steroid dienone is 6. The summed E-state index contributed by atoms with van der Waals surface area (Å²) in [6, 6.07) is 31.5. The van der Waals surface area contributed by atoms with Crippen molar-refractivity contribution in [2.45, 2.75) is 174 Å². The normalized spacial score (nSPS) is 21.5. The molecule has 2 atom stereocenters. The van der Waals surface area contributed by atoms with Crippen LogP contribution in [0.3, 0.4) is 0 Å². The van der Waals surface area contributed by atoms with E-state index in [0.29, 0.717) is 0 Å². The Morgan fingerprint density at radius 1 is 0.429 bits per heavy atom. The molecule has 56 heavy (non-hydrogen) atoms. The summed E-state index contributed by atoms with van der Waals surface area (Å²) in [6.07, 6.45) is 50.1. The minimum absolute atomic E-state index is 0.825. The predicted octanol–water partition coefficient (Wildman–Crippen LogP) is 17.2. The van der Waals surface area contributed by atoms with Crippen molar-refractivity contribution in [2.24, 2.45) is 29.6 Å². The molecule has 0 spiro atoms. The summed E-state index contributed by atoms with van der Waals surface area (Å²) in [5.41, 5.74) is 4.15. The van der Waals surface area contributed by atoms with Gasteiger partial charge in [0.2, 0.25) is 0 Å². The maximum atomic E-state index is 2.47. The summed E-state index contributed by atoms with van der Waals surface area (Å²) in [7, 11) is 0. The van der Waals surface area contributed by atoms with E-state index in [1.807, 2.05) is 18.2 Å². The third-order valence-corrected chi connectivity index (χ3v) is 12.9. The smallest absolute Gasteiger partial charge is 0.0196 e. The Hall–Kier alpha value is -3.12. The summed E-state index contributed by atoms with van der Waals surface area (Å²) in [6.45, 7) is 4.44. The molecule has 0 nitrogen and oxygen atoms in total. The van der Waals surface area contributed by atoms with Crippen LogP contribution in [0.4, 0.5) is 0 Å². The summed E-state index contributed by atoms with van der Waals surface area (Å²) in [4.78, 5) is 0. The van der Waals surface area contributed by atoms with E-state index in [1.54, 1.807) is 38.5 Å². The minimum atomic E-state index is 0.825. The topological polar surface area (TPSA) is 0 Å². The van der Waals surface area contributed by atoms with Gasteiger partial charge in [-0.2, -0.15) is 0 Å². The highest BCUT2D eigenvalue weighted by molar-refractivity contribution is 5.20.